The molecule has 113 heavy (non-hydrogen) atoms. The number of hydrogen-bond acceptors (Lipinski definition) is 44. The normalized spacial score (nSPS) is 35.4. The highest BCUT2D eigenvalue weighted by atomic mass is 16.8. The predicted molar refractivity (Wildman–Crippen MR) is 351 cm³/mol. The van der Waals surface area contributed by atoms with Gasteiger partial charge >= 0.3 is 89.5 Å². The molecule has 6 aliphatic rings. The van der Waals surface area contributed by atoms with Crippen LogP contribution in [0.4, 0.5) is 0 Å². The van der Waals surface area contributed by atoms with Crippen molar-refractivity contribution in [1.82, 2.24) is 5.32 Å². The molecule has 0 spiro atoms. The molecule has 45 nitrogen and oxygen atoms in total. The van der Waals surface area contributed by atoms with E-state index >= 15 is 0 Å². The number of aliphatic hydroxyl groups is 2. The smallest absolute Gasteiger partial charge is 0.303 e. The third-order valence-electron chi connectivity index (χ3n) is 16.9. The number of carbonyl (C=O) groups excluding carboxylic acids is 16. The number of esters is 15. The van der Waals surface area contributed by atoms with E-state index in [1.807, 2.05) is 0 Å². The van der Waals surface area contributed by atoms with Gasteiger partial charge in [0, 0.05) is 111 Å². The largest absolute Gasteiger partial charge is 0.463 e. The average Bonchev–Trinajstić information content (AvgIpc) is 0.752. The van der Waals surface area contributed by atoms with E-state index in [9.17, 15) is 86.9 Å². The van der Waals surface area contributed by atoms with Gasteiger partial charge in [-0.15, -0.1) is 0 Å². The molecule has 6 saturated heterocycles. The van der Waals surface area contributed by atoms with Crippen molar-refractivity contribution in [2.24, 2.45) is 0 Å². The van der Waals surface area contributed by atoms with Gasteiger partial charge in [-0.25, -0.2) is 0 Å². The summed E-state index contributed by atoms with van der Waals surface area (Å²) in [5, 5.41) is 24.9. The standard InChI is InChI=1S/C68H95NO44/c1-23-47(94-30(8)75)55(99-35(13)80)59(102-38(16)83)65(92-23)111-53-45(69-25(3)70)64(112-58-52(97-33(11)78)44(22-91-29(7)74)107-67(61(58)104-40(18)85)110-50-41(19-88-26(4)71)105-63(87)46(86)54(50)98-34(12)79)106-42(20-89-27(5)72)49(53)109-68-62(57(101-37(15)82)51(96-32(10)77)43(108-68)21-90-28(6)73)113-66-60(103-39(17)84)56(100-36(14)81)48(24(2)93-66)95-31(9)76/h23-24,41-68,86-87H,19-22H2,1-18H3,(H,69,70)/t23-,24-,41+,42+,43+,44+,45+,46+,47+,48+,49+,50+,51-,52-,53+,54+,55+,56+,57-,58-,59-,60-,61+,62+,63+,64-,65-,66-,67-,68-/m0/s1. The minimum atomic E-state index is -2.45. The molecule has 30 atom stereocenters. The van der Waals surface area contributed by atoms with Gasteiger partial charge < -0.3 is 139 Å². The molecule has 0 unspecified atom stereocenters. The summed E-state index contributed by atoms with van der Waals surface area (Å²) in [6.07, 6.45) is -59.8. The molecule has 6 aliphatic heterocycles. The molecule has 0 aliphatic carbocycles. The maximum Gasteiger partial charge on any atom is 0.303 e. The Hall–Kier alpha value is -9.00. The van der Waals surface area contributed by atoms with Gasteiger partial charge in [0.2, 0.25) is 5.91 Å². The molecular weight excluding hydrogens is 1530 g/mol. The summed E-state index contributed by atoms with van der Waals surface area (Å²) in [4.78, 5) is 211. The highest BCUT2D eigenvalue weighted by molar-refractivity contribution is 5.74. The van der Waals surface area contributed by atoms with Crippen molar-refractivity contribution in [3.05, 3.63) is 0 Å². The van der Waals surface area contributed by atoms with Gasteiger partial charge in [-0.05, 0) is 13.8 Å². The second-order valence-corrected chi connectivity index (χ2v) is 26.4. The fourth-order valence-corrected chi connectivity index (χ4v) is 13.0. The maximum absolute atomic E-state index is 14.3. The Kier molecular flexibility index (Phi) is 34.4. The first-order chi connectivity index (χ1) is 52.8. The second kappa shape index (κ2) is 41.9. The molecule has 0 aromatic rings. The number of hydrogen-bond donors (Lipinski definition) is 3. The highest BCUT2D eigenvalue weighted by Crippen LogP contribution is 2.42. The number of amides is 1. The minimum absolute atomic E-state index is 0.837. The summed E-state index contributed by atoms with van der Waals surface area (Å²) < 4.78 is 156. The van der Waals surface area contributed by atoms with Crippen molar-refractivity contribution in [3.63, 3.8) is 0 Å². The molecule has 636 valence electrons. The molecule has 6 heterocycles. The van der Waals surface area contributed by atoms with Crippen molar-refractivity contribution < 1.29 is 210 Å². The van der Waals surface area contributed by atoms with Gasteiger partial charge in [0.15, 0.2) is 111 Å². The maximum atomic E-state index is 14.3. The van der Waals surface area contributed by atoms with Crippen LogP contribution in [0.5, 0.6) is 0 Å². The number of aliphatic hydroxyl groups excluding tert-OH is 2. The summed E-state index contributed by atoms with van der Waals surface area (Å²) in [7, 11) is 0. The molecule has 45 heteroatoms. The van der Waals surface area contributed by atoms with Crippen LogP contribution in [-0.4, -0.2) is 316 Å². The van der Waals surface area contributed by atoms with Crippen molar-refractivity contribution >= 4 is 95.4 Å². The highest BCUT2D eigenvalue weighted by Gasteiger charge is 2.64. The Morgan fingerprint density at radius 3 is 0.841 bits per heavy atom. The lowest BCUT2D eigenvalue weighted by Crippen LogP contribution is -2.72. The lowest BCUT2D eigenvalue weighted by molar-refractivity contribution is -0.401. The summed E-state index contributed by atoms with van der Waals surface area (Å²) in [6, 6.07) is -2.24. The van der Waals surface area contributed by atoms with Crippen LogP contribution in [0.2, 0.25) is 0 Å². The molecule has 6 fully saturated rings. The van der Waals surface area contributed by atoms with Crippen LogP contribution in [0.3, 0.4) is 0 Å². The van der Waals surface area contributed by atoms with E-state index in [1.165, 1.54) is 13.8 Å². The zero-order chi connectivity index (χ0) is 84.5. The summed E-state index contributed by atoms with van der Waals surface area (Å²) in [5.74, 6) is -17.4. The first kappa shape index (κ1) is 92.9. The third kappa shape index (κ3) is 26.5. The number of carbonyl (C=O) groups is 16. The van der Waals surface area contributed by atoms with E-state index in [0.717, 1.165) is 111 Å². The first-order valence-electron chi connectivity index (χ1n) is 35.1. The van der Waals surface area contributed by atoms with E-state index in [1.54, 1.807) is 0 Å². The summed E-state index contributed by atoms with van der Waals surface area (Å²) in [6.45, 7) is 13.3. The van der Waals surface area contributed by atoms with Gasteiger partial charge in [0.05, 0.1) is 12.2 Å². The van der Waals surface area contributed by atoms with Crippen LogP contribution in [-0.2, 0) is 200 Å². The van der Waals surface area contributed by atoms with Gasteiger partial charge in [-0.3, -0.25) is 76.7 Å². The Balaban J connectivity index is 1.74. The van der Waals surface area contributed by atoms with Gasteiger partial charge in [0.25, 0.3) is 0 Å². The molecule has 0 aromatic heterocycles. The molecule has 3 N–H and O–H groups in total. The predicted octanol–water partition coefficient (Wildman–Crippen LogP) is -3.34. The Morgan fingerprint density at radius 2 is 0.487 bits per heavy atom. The minimum Gasteiger partial charge on any atom is -0.463 e. The molecule has 6 rings (SSSR count). The first-order valence-corrected chi connectivity index (χ1v) is 35.1. The zero-order valence-electron chi connectivity index (χ0n) is 64.7. The lowest BCUT2D eigenvalue weighted by Gasteiger charge is -2.53. The number of ether oxygens (including phenoxy) is 26. The number of rotatable bonds is 30. The second-order valence-electron chi connectivity index (χ2n) is 26.4. The Morgan fingerprint density at radius 1 is 0.248 bits per heavy atom. The van der Waals surface area contributed by atoms with Crippen molar-refractivity contribution in [1.29, 1.82) is 0 Å². The summed E-state index contributed by atoms with van der Waals surface area (Å²) >= 11 is 0. The van der Waals surface area contributed by atoms with E-state index in [0.29, 0.717) is 0 Å². The van der Waals surface area contributed by atoms with Gasteiger partial charge in [-0.2, -0.15) is 0 Å². The SMILES string of the molecule is CC(=O)N[C@H]1[C@H](O[C@H]2[C@@H](OC(C)=O)[C@@H](COC(C)=O)O[C@@H](O[C@H]3[C@H](OC(C)=O)[C@@H](O)[C@H](O)O[C@@H]3COC(C)=O)[C@@H]2OC(C)=O)O[C@H](COC(C)=O)[C@@H](O[C@@H]2O[C@H](COC(C)=O)[C@H](OC(C)=O)[C@H](OC(C)=O)[C@H]2O[C@@H]2O[C@@H](C)[C@@H](OC(C)=O)[C@@H](OC(C)=O)[C@@H]2OC(C)=O)[C@@H]1O[C@@H]1O[C@@H](C)[C@@H](OC(C)=O)[C@@H](OC(C)=O)[C@@H]1OC(C)=O. The lowest BCUT2D eigenvalue weighted by atomic mass is 9.93. The van der Waals surface area contributed by atoms with Crippen LogP contribution >= 0.6 is 0 Å². The third-order valence-corrected chi connectivity index (χ3v) is 16.9. The van der Waals surface area contributed by atoms with Gasteiger partial charge in [-0.1, -0.05) is 0 Å². The van der Waals surface area contributed by atoms with Crippen molar-refractivity contribution in [2.45, 2.75) is 309 Å². The average molecular weight is 1630 g/mol. The topological polar surface area (TPSA) is 566 Å². The molecule has 0 radical (unpaired) electrons. The van der Waals surface area contributed by atoms with Crippen LogP contribution in [0, 0.1) is 0 Å². The summed E-state index contributed by atoms with van der Waals surface area (Å²) in [5.41, 5.74) is 0. The number of nitrogens with one attached hydrogen (secondary N) is 1. The Labute approximate surface area is 644 Å². The van der Waals surface area contributed by atoms with Crippen molar-refractivity contribution in [2.75, 3.05) is 26.4 Å². The Bertz CT molecular complexity index is 3420. The molecule has 0 aromatic carbocycles. The quantitative estimate of drug-likeness (QED) is 0.0467. The van der Waals surface area contributed by atoms with E-state index < -0.39 is 306 Å². The van der Waals surface area contributed by atoms with Crippen LogP contribution in [0.1, 0.15) is 125 Å². The van der Waals surface area contributed by atoms with E-state index in [2.05, 4.69) is 5.32 Å². The fraction of sp³-hybridized carbons (Fsp3) is 0.765. The van der Waals surface area contributed by atoms with E-state index in [-0.39, 0.29) is 0 Å². The van der Waals surface area contributed by atoms with Gasteiger partial charge in [0.1, 0.15) is 87.4 Å². The monoisotopic (exact) mass is 1630 g/mol. The van der Waals surface area contributed by atoms with Crippen LogP contribution < -0.4 is 5.32 Å². The molecule has 0 bridgehead atoms. The zero-order valence-corrected chi connectivity index (χ0v) is 64.7. The molecule has 0 saturated carbocycles. The van der Waals surface area contributed by atoms with Crippen molar-refractivity contribution in [3.8, 4) is 0 Å². The molecular formula is C68H95NO44. The van der Waals surface area contributed by atoms with Crippen LogP contribution in [0.15, 0.2) is 0 Å². The van der Waals surface area contributed by atoms with Crippen LogP contribution in [0.25, 0.3) is 0 Å². The van der Waals surface area contributed by atoms with E-state index in [4.69, 9.17) is 123 Å². The molecule has 1 amide bonds. The fourth-order valence-electron chi connectivity index (χ4n) is 13.0.